The average Bonchev–Trinajstić information content (AvgIpc) is 1.72. The van der Waals surface area contributed by atoms with Crippen molar-refractivity contribution in [2.45, 2.75) is 20.3 Å². The highest BCUT2D eigenvalue weighted by Gasteiger charge is 1.85. The molecule has 0 aromatic heterocycles. The van der Waals surface area contributed by atoms with Gasteiger partial charge in [0, 0.05) is 0 Å². The number of hydrogen-bond donors (Lipinski definition) is 2. The topological polar surface area (TPSA) is 49.9 Å². The van der Waals surface area contributed by atoms with E-state index in [9.17, 15) is 0 Å². The van der Waals surface area contributed by atoms with Crippen LogP contribution in [0, 0.1) is 11.3 Å². The van der Waals surface area contributed by atoms with E-state index in [-0.39, 0.29) is 0 Å². The van der Waals surface area contributed by atoms with Gasteiger partial charge in [-0.15, -0.1) is 0 Å². The zero-order valence-electron chi connectivity index (χ0n) is 5.78. The number of nitrogens with two attached hydrogens (primary N) is 1. The molecule has 0 atom stereocenters. The van der Waals surface area contributed by atoms with Gasteiger partial charge in [-0.3, -0.25) is 0 Å². The van der Waals surface area contributed by atoms with Crippen molar-refractivity contribution in [2.24, 2.45) is 11.7 Å². The molecular weight excluding hydrogens is 100 g/mol. The fourth-order valence-electron chi connectivity index (χ4n) is 0.333. The Bertz CT molecular complexity index is 35.5. The zero-order chi connectivity index (χ0) is 6.99. The van der Waals surface area contributed by atoms with Gasteiger partial charge in [0.05, 0.1) is 0 Å². The maximum atomic E-state index is 5.50. The Hall–Kier alpha value is -0.370. The Labute approximate surface area is 51.6 Å². The lowest BCUT2D eigenvalue weighted by atomic mass is 10.1. The molecule has 0 saturated heterocycles. The van der Waals surface area contributed by atoms with Crippen LogP contribution in [0.5, 0.6) is 0 Å². The maximum absolute atomic E-state index is 5.50. The van der Waals surface area contributed by atoms with Crippen molar-refractivity contribution in [1.82, 2.24) is 0 Å². The van der Waals surface area contributed by atoms with Gasteiger partial charge in [0.15, 0.2) is 0 Å². The quantitative estimate of drug-likeness (QED) is 0.524. The van der Waals surface area contributed by atoms with Gasteiger partial charge >= 0.3 is 0 Å². The zero-order valence-corrected chi connectivity index (χ0v) is 5.78. The minimum Gasteiger partial charge on any atom is -0.330 e. The van der Waals surface area contributed by atoms with Crippen molar-refractivity contribution >= 4 is 6.72 Å². The molecule has 0 radical (unpaired) electrons. The van der Waals surface area contributed by atoms with Crippen LogP contribution in [0.3, 0.4) is 0 Å². The van der Waals surface area contributed by atoms with Gasteiger partial charge in [-0.2, -0.15) is 0 Å². The molecule has 50 valence electrons. The number of hydrogen-bond acceptors (Lipinski definition) is 2. The SMILES string of the molecule is C=N.CC(C)CCN. The van der Waals surface area contributed by atoms with Crippen molar-refractivity contribution in [3.8, 4) is 0 Å². The maximum Gasteiger partial charge on any atom is -0.00748 e. The Balaban J connectivity index is 0. The van der Waals surface area contributed by atoms with E-state index in [0.717, 1.165) is 18.9 Å². The summed E-state index contributed by atoms with van der Waals surface area (Å²) in [6.45, 7) is 7.68. The summed E-state index contributed by atoms with van der Waals surface area (Å²) in [6, 6.07) is 0. The molecule has 0 spiro atoms. The molecule has 0 aromatic carbocycles. The van der Waals surface area contributed by atoms with Gasteiger partial charge in [-0.25, -0.2) is 0 Å². The van der Waals surface area contributed by atoms with Crippen LogP contribution in [0.2, 0.25) is 0 Å². The average molecular weight is 116 g/mol. The number of rotatable bonds is 2. The Kier molecular flexibility index (Phi) is 13.0. The molecule has 0 heterocycles. The van der Waals surface area contributed by atoms with Crippen LogP contribution < -0.4 is 5.73 Å². The second-order valence-corrected chi connectivity index (χ2v) is 1.97. The monoisotopic (exact) mass is 116 g/mol. The molecule has 0 aromatic rings. The highest BCUT2D eigenvalue weighted by atomic mass is 14.5. The summed E-state index contributed by atoms with van der Waals surface area (Å²) in [5.41, 5.74) is 5.23. The first-order valence-electron chi connectivity index (χ1n) is 2.82. The van der Waals surface area contributed by atoms with Gasteiger partial charge in [0.25, 0.3) is 0 Å². The smallest absolute Gasteiger partial charge is 0.00748 e. The van der Waals surface area contributed by atoms with Gasteiger partial charge in [-0.05, 0) is 25.6 Å². The molecule has 0 bridgehead atoms. The van der Waals surface area contributed by atoms with Crippen LogP contribution in [0.1, 0.15) is 20.3 Å². The molecule has 2 nitrogen and oxygen atoms in total. The third-order valence-electron chi connectivity index (χ3n) is 0.744. The third-order valence-corrected chi connectivity index (χ3v) is 0.744. The molecule has 0 aliphatic rings. The first kappa shape index (κ1) is 10.6. The second-order valence-electron chi connectivity index (χ2n) is 1.97. The molecule has 3 N–H and O–H groups in total. The molecule has 0 unspecified atom stereocenters. The minimum atomic E-state index is 0.773. The highest BCUT2D eigenvalue weighted by Crippen LogP contribution is 1.93. The van der Waals surface area contributed by atoms with Crippen LogP contribution in [-0.4, -0.2) is 13.3 Å². The standard InChI is InChI=1S/C5H13N.CH3N/c1-5(2)3-4-6;1-2/h5H,3-4,6H2,1-2H3;2H,1H2. The Morgan fingerprint density at radius 1 is 1.50 bits per heavy atom. The van der Waals surface area contributed by atoms with E-state index in [2.05, 4.69) is 20.6 Å². The van der Waals surface area contributed by atoms with E-state index in [0.29, 0.717) is 0 Å². The molecule has 2 heteroatoms. The van der Waals surface area contributed by atoms with E-state index in [1.807, 2.05) is 0 Å². The van der Waals surface area contributed by atoms with Crippen molar-refractivity contribution in [3.63, 3.8) is 0 Å². The molecule has 0 aliphatic heterocycles. The largest absolute Gasteiger partial charge is 0.330 e. The Morgan fingerprint density at radius 2 is 1.88 bits per heavy atom. The predicted molar refractivity (Wildman–Crippen MR) is 38.4 cm³/mol. The first-order chi connectivity index (χ1) is 3.77. The molecule has 0 rings (SSSR count). The van der Waals surface area contributed by atoms with E-state index < -0.39 is 0 Å². The predicted octanol–water partition coefficient (Wildman–Crippen LogP) is 1.26. The normalized spacial score (nSPS) is 8.00. The summed E-state index contributed by atoms with van der Waals surface area (Å²) in [6.07, 6.45) is 1.15. The van der Waals surface area contributed by atoms with Crippen molar-refractivity contribution in [2.75, 3.05) is 6.54 Å². The number of nitrogens with one attached hydrogen (secondary N) is 1. The molecule has 8 heavy (non-hydrogen) atoms. The molecule has 0 saturated carbocycles. The van der Waals surface area contributed by atoms with Gasteiger partial charge < -0.3 is 11.1 Å². The fraction of sp³-hybridized carbons (Fsp3) is 0.833. The Morgan fingerprint density at radius 3 is 1.88 bits per heavy atom. The highest BCUT2D eigenvalue weighted by molar-refractivity contribution is 5.15. The van der Waals surface area contributed by atoms with Gasteiger partial charge in [0.2, 0.25) is 0 Å². The minimum absolute atomic E-state index is 0.773. The lowest BCUT2D eigenvalue weighted by Gasteiger charge is -1.96. The van der Waals surface area contributed by atoms with Crippen LogP contribution >= 0.6 is 0 Å². The third kappa shape index (κ3) is 17.4. The molecule has 0 amide bonds. The van der Waals surface area contributed by atoms with E-state index in [1.165, 1.54) is 0 Å². The molecule has 0 fully saturated rings. The summed E-state index contributed by atoms with van der Waals surface area (Å²) in [5.74, 6) is 0.773. The first-order valence-corrected chi connectivity index (χ1v) is 2.82. The van der Waals surface area contributed by atoms with Crippen LogP contribution in [0.15, 0.2) is 0 Å². The van der Waals surface area contributed by atoms with Crippen molar-refractivity contribution < 1.29 is 0 Å². The van der Waals surface area contributed by atoms with Crippen LogP contribution in [-0.2, 0) is 0 Å². The fourth-order valence-corrected chi connectivity index (χ4v) is 0.333. The van der Waals surface area contributed by atoms with E-state index >= 15 is 0 Å². The van der Waals surface area contributed by atoms with Crippen LogP contribution in [0.25, 0.3) is 0 Å². The lowest BCUT2D eigenvalue weighted by Crippen LogP contribution is -2.01. The molecular formula is C6H16N2. The lowest BCUT2D eigenvalue weighted by molar-refractivity contribution is 0.596. The summed E-state index contributed by atoms with van der Waals surface area (Å²) >= 11 is 0. The summed E-state index contributed by atoms with van der Waals surface area (Å²) in [5, 5.41) is 5.50. The van der Waals surface area contributed by atoms with Crippen LogP contribution in [0.4, 0.5) is 0 Å². The van der Waals surface area contributed by atoms with Crippen molar-refractivity contribution in [3.05, 3.63) is 0 Å². The van der Waals surface area contributed by atoms with E-state index in [4.69, 9.17) is 11.1 Å². The van der Waals surface area contributed by atoms with E-state index in [1.54, 1.807) is 0 Å². The van der Waals surface area contributed by atoms with Gasteiger partial charge in [-0.1, -0.05) is 13.8 Å². The summed E-state index contributed by atoms with van der Waals surface area (Å²) in [7, 11) is 0. The van der Waals surface area contributed by atoms with Gasteiger partial charge in [0.1, 0.15) is 0 Å². The summed E-state index contributed by atoms with van der Waals surface area (Å²) in [4.78, 5) is 0. The second kappa shape index (κ2) is 9.80. The van der Waals surface area contributed by atoms with Crippen molar-refractivity contribution in [1.29, 1.82) is 5.41 Å². The molecule has 0 aliphatic carbocycles. The summed E-state index contributed by atoms with van der Waals surface area (Å²) < 4.78 is 0.